The highest BCUT2D eigenvalue weighted by Crippen LogP contribution is 2.45. The normalized spacial score (nSPS) is 13.7. The third-order valence-corrected chi connectivity index (χ3v) is 11.1. The molecule has 0 amide bonds. The molecule has 3 heterocycles. The average molecular weight is 730 g/mol. The molecule has 0 saturated carbocycles. The molecule has 1 unspecified atom stereocenters. The highest BCUT2D eigenvalue weighted by Gasteiger charge is 2.26. The lowest BCUT2D eigenvalue weighted by Crippen LogP contribution is -2.16. The zero-order valence-electron chi connectivity index (χ0n) is 30.9. The summed E-state index contributed by atoms with van der Waals surface area (Å²) in [4.78, 5) is 15.6. The van der Waals surface area contributed by atoms with Crippen LogP contribution in [0, 0.1) is 0 Å². The fourth-order valence-electron chi connectivity index (χ4n) is 8.42. The number of rotatable bonds is 6. The molecule has 10 aromatic rings. The number of para-hydroxylation sites is 2. The Balaban J connectivity index is 1.09. The Kier molecular flexibility index (Phi) is 7.81. The predicted molar refractivity (Wildman–Crippen MR) is 234 cm³/mol. The van der Waals surface area contributed by atoms with E-state index in [-0.39, 0.29) is 6.04 Å². The Bertz CT molecular complexity index is 3080. The first kappa shape index (κ1) is 32.8. The van der Waals surface area contributed by atoms with Crippen LogP contribution in [0.2, 0.25) is 0 Å². The van der Waals surface area contributed by atoms with Crippen LogP contribution in [-0.4, -0.2) is 19.5 Å². The summed E-state index contributed by atoms with van der Waals surface area (Å²) in [7, 11) is 0. The maximum absolute atomic E-state index is 5.27. The molecular weight excluding hydrogens is 695 g/mol. The minimum Gasteiger partial charge on any atom is -0.374 e. The van der Waals surface area contributed by atoms with Gasteiger partial charge in [-0.15, -0.1) is 0 Å². The van der Waals surface area contributed by atoms with Gasteiger partial charge < -0.3 is 9.88 Å². The van der Waals surface area contributed by atoms with E-state index in [1.165, 1.54) is 44.1 Å². The topological polar surface area (TPSA) is 55.6 Å². The van der Waals surface area contributed by atoms with E-state index < -0.39 is 0 Å². The summed E-state index contributed by atoms with van der Waals surface area (Å²) in [5.41, 5.74) is 12.0. The van der Waals surface area contributed by atoms with Crippen molar-refractivity contribution in [2.24, 2.45) is 0 Å². The van der Waals surface area contributed by atoms with E-state index in [1.807, 2.05) is 18.2 Å². The molecule has 57 heavy (non-hydrogen) atoms. The van der Waals surface area contributed by atoms with Crippen LogP contribution in [0.15, 0.2) is 200 Å². The molecule has 5 heteroatoms. The summed E-state index contributed by atoms with van der Waals surface area (Å²) in [6.45, 7) is 0. The largest absolute Gasteiger partial charge is 0.374 e. The number of fused-ring (bicyclic) bond motifs is 6. The average Bonchev–Trinajstić information content (AvgIpc) is 3.63. The first-order valence-corrected chi connectivity index (χ1v) is 19.3. The molecule has 0 radical (unpaired) electrons. The molecule has 0 aliphatic carbocycles. The standard InChI is InChI=1S/C52H35N5/c1-4-16-34(17-5-1)43-32-45(35-18-6-2-7-19-35)53-46-33-44(39-22-10-11-25-42(39)49(43)46)52-55-50(36-20-8-3-9-21-36)54-51(56-52)37-28-30-38(31-29-37)57-47-26-14-12-23-40(47)41-24-13-15-27-48(41)57/h1-33,45,53H. The first-order valence-electron chi connectivity index (χ1n) is 19.3. The minimum absolute atomic E-state index is 0.0234. The van der Waals surface area contributed by atoms with Crippen molar-refractivity contribution in [2.75, 3.05) is 5.32 Å². The first-order chi connectivity index (χ1) is 28.3. The summed E-state index contributed by atoms with van der Waals surface area (Å²) in [5, 5.41) is 8.59. The lowest BCUT2D eigenvalue weighted by atomic mass is 9.85. The molecule has 268 valence electrons. The predicted octanol–water partition coefficient (Wildman–Crippen LogP) is 12.7. The fourth-order valence-corrected chi connectivity index (χ4v) is 8.42. The molecule has 1 aliphatic rings. The van der Waals surface area contributed by atoms with Crippen LogP contribution in [0.4, 0.5) is 5.69 Å². The van der Waals surface area contributed by atoms with Crippen LogP contribution in [0.25, 0.3) is 78.0 Å². The number of hydrogen-bond acceptors (Lipinski definition) is 4. The van der Waals surface area contributed by atoms with Crippen LogP contribution < -0.4 is 5.32 Å². The second-order valence-corrected chi connectivity index (χ2v) is 14.5. The van der Waals surface area contributed by atoms with Gasteiger partial charge in [0.1, 0.15) is 0 Å². The van der Waals surface area contributed by atoms with Crippen molar-refractivity contribution in [1.82, 2.24) is 19.5 Å². The molecule has 0 bridgehead atoms. The van der Waals surface area contributed by atoms with Gasteiger partial charge in [0.25, 0.3) is 0 Å². The minimum atomic E-state index is -0.0234. The molecule has 0 spiro atoms. The number of anilines is 1. The van der Waals surface area contributed by atoms with Gasteiger partial charge in [-0.25, -0.2) is 15.0 Å². The van der Waals surface area contributed by atoms with E-state index in [1.54, 1.807) is 0 Å². The molecular formula is C52H35N5. The molecule has 1 N–H and O–H groups in total. The number of nitrogens with one attached hydrogen (secondary N) is 1. The monoisotopic (exact) mass is 729 g/mol. The van der Waals surface area contributed by atoms with Gasteiger partial charge in [0.15, 0.2) is 17.5 Å². The van der Waals surface area contributed by atoms with Crippen LogP contribution >= 0.6 is 0 Å². The molecule has 2 aromatic heterocycles. The Morgan fingerprint density at radius 1 is 0.421 bits per heavy atom. The second kappa shape index (κ2) is 13.6. The van der Waals surface area contributed by atoms with Crippen molar-refractivity contribution in [3.63, 3.8) is 0 Å². The molecule has 1 atom stereocenters. The molecule has 0 fully saturated rings. The van der Waals surface area contributed by atoms with Gasteiger partial charge in [0, 0.05) is 44.4 Å². The Hall–Kier alpha value is -7.63. The van der Waals surface area contributed by atoms with Crippen molar-refractivity contribution in [2.45, 2.75) is 6.04 Å². The quantitative estimate of drug-likeness (QED) is 0.185. The summed E-state index contributed by atoms with van der Waals surface area (Å²) in [5.74, 6) is 1.87. The number of hydrogen-bond donors (Lipinski definition) is 1. The Labute approximate surface area is 330 Å². The van der Waals surface area contributed by atoms with Gasteiger partial charge in [-0.1, -0.05) is 152 Å². The molecule has 1 aliphatic heterocycles. The lowest BCUT2D eigenvalue weighted by molar-refractivity contribution is 0.974. The number of benzene rings is 8. The van der Waals surface area contributed by atoms with Crippen molar-refractivity contribution < 1.29 is 0 Å². The van der Waals surface area contributed by atoms with Gasteiger partial charge >= 0.3 is 0 Å². The highest BCUT2D eigenvalue weighted by atomic mass is 15.0. The van der Waals surface area contributed by atoms with Crippen LogP contribution in [0.5, 0.6) is 0 Å². The van der Waals surface area contributed by atoms with E-state index in [0.29, 0.717) is 17.5 Å². The number of aromatic nitrogens is 4. The molecule has 8 aromatic carbocycles. The van der Waals surface area contributed by atoms with Gasteiger partial charge in [-0.05, 0) is 76.0 Å². The lowest BCUT2D eigenvalue weighted by Gasteiger charge is -2.29. The zero-order valence-corrected chi connectivity index (χ0v) is 30.9. The van der Waals surface area contributed by atoms with Crippen LogP contribution in [0.3, 0.4) is 0 Å². The molecule has 11 rings (SSSR count). The summed E-state index contributed by atoms with van der Waals surface area (Å²) in [6.07, 6.45) is 2.36. The summed E-state index contributed by atoms with van der Waals surface area (Å²) >= 11 is 0. The fraction of sp³-hybridized carbons (Fsp3) is 0.0192. The second-order valence-electron chi connectivity index (χ2n) is 14.5. The third kappa shape index (κ3) is 5.68. The van der Waals surface area contributed by atoms with Gasteiger partial charge in [0.05, 0.1) is 17.1 Å². The van der Waals surface area contributed by atoms with E-state index in [4.69, 9.17) is 15.0 Å². The summed E-state index contributed by atoms with van der Waals surface area (Å²) < 4.78 is 2.33. The zero-order chi connectivity index (χ0) is 37.7. The maximum atomic E-state index is 5.27. The Morgan fingerprint density at radius 2 is 0.912 bits per heavy atom. The van der Waals surface area contributed by atoms with E-state index in [9.17, 15) is 0 Å². The van der Waals surface area contributed by atoms with Crippen LogP contribution in [0.1, 0.15) is 22.7 Å². The van der Waals surface area contributed by atoms with E-state index in [2.05, 4.69) is 192 Å². The van der Waals surface area contributed by atoms with Gasteiger partial charge in [0.2, 0.25) is 0 Å². The Morgan fingerprint density at radius 3 is 1.54 bits per heavy atom. The van der Waals surface area contributed by atoms with E-state index in [0.717, 1.165) is 38.8 Å². The third-order valence-electron chi connectivity index (χ3n) is 11.1. The van der Waals surface area contributed by atoms with Crippen molar-refractivity contribution in [1.29, 1.82) is 0 Å². The molecule has 5 nitrogen and oxygen atoms in total. The maximum Gasteiger partial charge on any atom is 0.164 e. The van der Waals surface area contributed by atoms with Gasteiger partial charge in [-0.2, -0.15) is 0 Å². The van der Waals surface area contributed by atoms with Crippen molar-refractivity contribution in [3.8, 4) is 39.9 Å². The van der Waals surface area contributed by atoms with Crippen LogP contribution in [-0.2, 0) is 0 Å². The smallest absolute Gasteiger partial charge is 0.164 e. The van der Waals surface area contributed by atoms with Crippen molar-refractivity contribution in [3.05, 3.63) is 217 Å². The van der Waals surface area contributed by atoms with Gasteiger partial charge in [-0.3, -0.25) is 0 Å². The van der Waals surface area contributed by atoms with Crippen molar-refractivity contribution >= 4 is 43.8 Å². The molecule has 0 saturated heterocycles. The summed E-state index contributed by atoms with van der Waals surface area (Å²) in [6, 6.07) is 68.1. The SMILES string of the molecule is C1=C(c2ccccc2)c2c(cc(-c3nc(-c4ccccc4)nc(-c4ccc(-n5c6ccccc6c6ccccc65)cc4)n3)c3ccccc23)NC1c1ccccc1. The highest BCUT2D eigenvalue weighted by molar-refractivity contribution is 6.10. The number of nitrogens with zero attached hydrogens (tertiary/aromatic N) is 4. The van der Waals surface area contributed by atoms with E-state index >= 15 is 0 Å².